The molecule has 21 heavy (non-hydrogen) atoms. The summed E-state index contributed by atoms with van der Waals surface area (Å²) in [6, 6.07) is 20.0. The first kappa shape index (κ1) is 13.9. The first-order chi connectivity index (χ1) is 10.4. The highest BCUT2D eigenvalue weighted by Crippen LogP contribution is 2.26. The minimum absolute atomic E-state index is 1.14. The van der Waals surface area contributed by atoms with Crippen LogP contribution in [0.5, 0.6) is 0 Å². The predicted molar refractivity (Wildman–Crippen MR) is 93.8 cm³/mol. The van der Waals surface area contributed by atoms with Gasteiger partial charge in [-0.1, -0.05) is 55.0 Å². The second-order valence-electron chi connectivity index (χ2n) is 5.73. The van der Waals surface area contributed by atoms with Gasteiger partial charge in [0, 0.05) is 0 Å². The summed E-state index contributed by atoms with van der Waals surface area (Å²) in [5.74, 6) is 0. The Morgan fingerprint density at radius 3 is 2.33 bits per heavy atom. The summed E-state index contributed by atoms with van der Waals surface area (Å²) in [6.45, 7) is 3.79. The number of benzene rings is 3. The second-order valence-corrected chi connectivity index (χ2v) is 5.73. The van der Waals surface area contributed by atoms with Crippen molar-refractivity contribution in [3.05, 3.63) is 72.8 Å². The van der Waals surface area contributed by atoms with Gasteiger partial charge in [-0.05, 0) is 64.9 Å². The van der Waals surface area contributed by atoms with Crippen molar-refractivity contribution in [1.29, 1.82) is 0 Å². The standard InChI is InChI=1S/C21H22/c1-2-3-4-5-6-10-17-13-9-14-20-15-18-11-7-8-12-19(18)16-21(17)20/h2,7-9,11-16H,1,3-6,10H2. The molecule has 0 aliphatic carbocycles. The molecule has 0 saturated heterocycles. The predicted octanol–water partition coefficient (Wildman–Crippen LogP) is 6.28. The lowest BCUT2D eigenvalue weighted by Crippen LogP contribution is -1.88. The quantitative estimate of drug-likeness (QED) is 0.282. The van der Waals surface area contributed by atoms with Crippen LogP contribution in [-0.2, 0) is 6.42 Å². The molecule has 0 aromatic heterocycles. The van der Waals surface area contributed by atoms with Crippen LogP contribution in [0.2, 0.25) is 0 Å². The molecule has 0 unspecified atom stereocenters. The molecule has 0 bridgehead atoms. The maximum atomic E-state index is 3.79. The summed E-state index contributed by atoms with van der Waals surface area (Å²) in [7, 11) is 0. The van der Waals surface area contributed by atoms with E-state index in [-0.39, 0.29) is 0 Å². The van der Waals surface area contributed by atoms with Crippen LogP contribution in [0.3, 0.4) is 0 Å². The third-order valence-corrected chi connectivity index (χ3v) is 4.19. The zero-order valence-corrected chi connectivity index (χ0v) is 12.5. The van der Waals surface area contributed by atoms with Crippen LogP contribution in [0.15, 0.2) is 67.3 Å². The number of hydrogen-bond acceptors (Lipinski definition) is 0. The summed E-state index contributed by atoms with van der Waals surface area (Å²) in [6.07, 6.45) is 8.14. The van der Waals surface area contributed by atoms with Crippen LogP contribution >= 0.6 is 0 Å². The van der Waals surface area contributed by atoms with Gasteiger partial charge in [-0.2, -0.15) is 0 Å². The zero-order valence-electron chi connectivity index (χ0n) is 12.5. The van der Waals surface area contributed by atoms with Crippen LogP contribution in [0, 0.1) is 0 Å². The smallest absolute Gasteiger partial charge is 0.0146 e. The normalized spacial score (nSPS) is 11.0. The van der Waals surface area contributed by atoms with Crippen molar-refractivity contribution in [2.45, 2.75) is 32.1 Å². The van der Waals surface area contributed by atoms with Crippen LogP contribution in [0.4, 0.5) is 0 Å². The number of hydrogen-bond donors (Lipinski definition) is 0. The van der Waals surface area contributed by atoms with E-state index in [0.717, 1.165) is 6.42 Å². The average molecular weight is 274 g/mol. The van der Waals surface area contributed by atoms with E-state index in [1.807, 2.05) is 6.08 Å². The SMILES string of the molecule is C=CCCCCCc1cccc2cc3ccccc3cc12. The molecular formula is C21H22. The summed E-state index contributed by atoms with van der Waals surface area (Å²) >= 11 is 0. The Hall–Kier alpha value is -2.08. The molecule has 0 aliphatic rings. The molecular weight excluding hydrogens is 252 g/mol. The van der Waals surface area contributed by atoms with Gasteiger partial charge in [-0.25, -0.2) is 0 Å². The van der Waals surface area contributed by atoms with Crippen molar-refractivity contribution in [2.75, 3.05) is 0 Å². The Bertz CT molecular complexity index is 752. The lowest BCUT2D eigenvalue weighted by atomic mass is 9.96. The van der Waals surface area contributed by atoms with Crippen molar-refractivity contribution in [1.82, 2.24) is 0 Å². The molecule has 0 atom stereocenters. The Morgan fingerprint density at radius 2 is 1.52 bits per heavy atom. The maximum absolute atomic E-state index is 3.79. The second kappa shape index (κ2) is 6.58. The summed E-state index contributed by atoms with van der Waals surface area (Å²) < 4.78 is 0. The number of fused-ring (bicyclic) bond motifs is 2. The third-order valence-electron chi connectivity index (χ3n) is 4.19. The summed E-state index contributed by atoms with van der Waals surface area (Å²) in [5, 5.41) is 5.44. The Labute approximate surface area is 127 Å². The van der Waals surface area contributed by atoms with Gasteiger partial charge in [-0.3, -0.25) is 0 Å². The summed E-state index contributed by atoms with van der Waals surface area (Å²) in [4.78, 5) is 0. The lowest BCUT2D eigenvalue weighted by Gasteiger charge is -2.08. The summed E-state index contributed by atoms with van der Waals surface area (Å²) in [5.41, 5.74) is 1.48. The fourth-order valence-corrected chi connectivity index (χ4v) is 3.03. The van der Waals surface area contributed by atoms with Crippen LogP contribution in [0.25, 0.3) is 21.5 Å². The fraction of sp³-hybridized carbons (Fsp3) is 0.238. The molecule has 3 rings (SSSR count). The molecule has 0 saturated carbocycles. The molecule has 0 fully saturated rings. The van der Waals surface area contributed by atoms with Gasteiger partial charge in [-0.15, -0.1) is 6.58 Å². The van der Waals surface area contributed by atoms with E-state index >= 15 is 0 Å². The van der Waals surface area contributed by atoms with E-state index in [0.29, 0.717) is 0 Å². The highest BCUT2D eigenvalue weighted by atomic mass is 14.1. The minimum Gasteiger partial charge on any atom is -0.103 e. The van der Waals surface area contributed by atoms with E-state index < -0.39 is 0 Å². The molecule has 0 heteroatoms. The first-order valence-corrected chi connectivity index (χ1v) is 7.90. The van der Waals surface area contributed by atoms with E-state index in [1.54, 1.807) is 0 Å². The van der Waals surface area contributed by atoms with Gasteiger partial charge in [0.05, 0.1) is 0 Å². The van der Waals surface area contributed by atoms with Gasteiger partial charge in [0.15, 0.2) is 0 Å². The van der Waals surface area contributed by atoms with E-state index in [1.165, 1.54) is 52.8 Å². The molecule has 0 spiro atoms. The van der Waals surface area contributed by atoms with E-state index in [4.69, 9.17) is 0 Å². The number of aryl methyl sites for hydroxylation is 1. The molecule has 0 N–H and O–H groups in total. The third kappa shape index (κ3) is 3.16. The van der Waals surface area contributed by atoms with Gasteiger partial charge in [0.1, 0.15) is 0 Å². The Kier molecular flexibility index (Phi) is 4.35. The molecule has 0 amide bonds. The largest absolute Gasteiger partial charge is 0.103 e. The van der Waals surface area contributed by atoms with Gasteiger partial charge >= 0.3 is 0 Å². The topological polar surface area (TPSA) is 0 Å². The van der Waals surface area contributed by atoms with Crippen molar-refractivity contribution in [3.8, 4) is 0 Å². The van der Waals surface area contributed by atoms with E-state index in [9.17, 15) is 0 Å². The van der Waals surface area contributed by atoms with Crippen molar-refractivity contribution >= 4 is 21.5 Å². The fourth-order valence-electron chi connectivity index (χ4n) is 3.03. The van der Waals surface area contributed by atoms with E-state index in [2.05, 4.69) is 61.2 Å². The number of rotatable bonds is 6. The van der Waals surface area contributed by atoms with Crippen LogP contribution in [0.1, 0.15) is 31.2 Å². The first-order valence-electron chi connectivity index (χ1n) is 7.90. The molecule has 3 aromatic carbocycles. The van der Waals surface area contributed by atoms with Gasteiger partial charge in [0.2, 0.25) is 0 Å². The number of unbranched alkanes of at least 4 members (excludes halogenated alkanes) is 3. The van der Waals surface area contributed by atoms with Crippen molar-refractivity contribution in [2.24, 2.45) is 0 Å². The molecule has 0 aliphatic heterocycles. The number of allylic oxidation sites excluding steroid dienone is 1. The molecule has 0 radical (unpaired) electrons. The maximum Gasteiger partial charge on any atom is -0.0146 e. The molecule has 106 valence electrons. The zero-order chi connectivity index (χ0) is 14.5. The molecule has 0 nitrogen and oxygen atoms in total. The Morgan fingerprint density at radius 1 is 0.762 bits per heavy atom. The minimum atomic E-state index is 1.14. The molecule has 3 aromatic rings. The highest BCUT2D eigenvalue weighted by Gasteiger charge is 2.03. The molecule has 0 heterocycles. The van der Waals surface area contributed by atoms with Crippen LogP contribution in [-0.4, -0.2) is 0 Å². The van der Waals surface area contributed by atoms with Crippen molar-refractivity contribution in [3.63, 3.8) is 0 Å². The average Bonchev–Trinajstić information content (AvgIpc) is 2.53. The highest BCUT2D eigenvalue weighted by molar-refractivity contribution is 5.99. The van der Waals surface area contributed by atoms with Gasteiger partial charge in [0.25, 0.3) is 0 Å². The Balaban J connectivity index is 1.88. The van der Waals surface area contributed by atoms with Crippen molar-refractivity contribution < 1.29 is 0 Å². The van der Waals surface area contributed by atoms with Crippen LogP contribution < -0.4 is 0 Å². The van der Waals surface area contributed by atoms with Gasteiger partial charge < -0.3 is 0 Å². The monoisotopic (exact) mass is 274 g/mol. The lowest BCUT2D eigenvalue weighted by molar-refractivity contribution is 0.689.